The summed E-state index contributed by atoms with van der Waals surface area (Å²) in [5.74, 6) is -1.39. The summed E-state index contributed by atoms with van der Waals surface area (Å²) in [6, 6.07) is 14.1. The summed E-state index contributed by atoms with van der Waals surface area (Å²) in [6.45, 7) is 2.43. The van der Waals surface area contributed by atoms with Crippen LogP contribution in [0.2, 0.25) is 0 Å². The number of hydrogen-bond donors (Lipinski definition) is 1. The largest absolute Gasteiger partial charge is 0.478 e. The molecule has 0 atom stereocenters. The van der Waals surface area contributed by atoms with Gasteiger partial charge in [0.25, 0.3) is 5.91 Å². The Morgan fingerprint density at radius 3 is 2.19 bits per heavy atom. The highest BCUT2D eigenvalue weighted by molar-refractivity contribution is 6.04. The summed E-state index contributed by atoms with van der Waals surface area (Å²) in [4.78, 5) is 25.2. The summed E-state index contributed by atoms with van der Waals surface area (Å²) in [5, 5.41) is 9.16. The van der Waals surface area contributed by atoms with Crippen LogP contribution in [0.15, 0.2) is 48.5 Å². The molecule has 0 unspecified atom stereocenters. The van der Waals surface area contributed by atoms with Crippen LogP contribution in [0.25, 0.3) is 0 Å². The van der Waals surface area contributed by atoms with Crippen molar-refractivity contribution in [1.29, 1.82) is 0 Å². The fourth-order valence-corrected chi connectivity index (χ4v) is 2.18. The Kier molecular flexibility index (Phi) is 4.38. The van der Waals surface area contributed by atoms with E-state index in [0.29, 0.717) is 6.54 Å². The SMILES string of the molecule is Cc1ccccc1CN(C)C(=O)c1ccccc1C(=O)O. The number of carbonyl (C=O) groups excluding carboxylic acids is 1. The molecule has 0 aliphatic rings. The fraction of sp³-hybridized carbons (Fsp3) is 0.176. The molecule has 0 spiro atoms. The molecule has 4 heteroatoms. The predicted octanol–water partition coefficient (Wildman–Crippen LogP) is 2.97. The molecule has 1 amide bonds. The fourth-order valence-electron chi connectivity index (χ4n) is 2.18. The first-order valence-corrected chi connectivity index (χ1v) is 6.63. The minimum atomic E-state index is -1.09. The van der Waals surface area contributed by atoms with Gasteiger partial charge in [-0.25, -0.2) is 4.79 Å². The van der Waals surface area contributed by atoms with Crippen molar-refractivity contribution in [2.75, 3.05) is 7.05 Å². The zero-order valence-electron chi connectivity index (χ0n) is 12.0. The van der Waals surface area contributed by atoms with Crippen LogP contribution in [-0.2, 0) is 6.54 Å². The van der Waals surface area contributed by atoms with Crippen LogP contribution in [-0.4, -0.2) is 28.9 Å². The molecule has 0 aromatic heterocycles. The highest BCUT2D eigenvalue weighted by Gasteiger charge is 2.19. The molecule has 0 saturated carbocycles. The first-order chi connectivity index (χ1) is 10.0. The lowest BCUT2D eigenvalue weighted by molar-refractivity contribution is 0.0680. The van der Waals surface area contributed by atoms with E-state index in [2.05, 4.69) is 0 Å². The van der Waals surface area contributed by atoms with Gasteiger partial charge in [0.15, 0.2) is 0 Å². The molecule has 0 fully saturated rings. The van der Waals surface area contributed by atoms with E-state index in [1.54, 1.807) is 25.2 Å². The zero-order valence-corrected chi connectivity index (χ0v) is 12.0. The van der Waals surface area contributed by atoms with Gasteiger partial charge in [0.2, 0.25) is 0 Å². The third kappa shape index (κ3) is 3.28. The Morgan fingerprint density at radius 1 is 1.00 bits per heavy atom. The number of amides is 1. The zero-order chi connectivity index (χ0) is 15.4. The van der Waals surface area contributed by atoms with Crippen molar-refractivity contribution in [3.63, 3.8) is 0 Å². The monoisotopic (exact) mass is 283 g/mol. The lowest BCUT2D eigenvalue weighted by Crippen LogP contribution is -2.28. The van der Waals surface area contributed by atoms with Crippen molar-refractivity contribution in [3.8, 4) is 0 Å². The molecule has 2 aromatic rings. The standard InChI is InChI=1S/C17H17NO3/c1-12-7-3-4-8-13(12)11-18(2)16(19)14-9-5-6-10-15(14)17(20)21/h3-10H,11H2,1-2H3,(H,20,21). The van der Waals surface area contributed by atoms with Gasteiger partial charge in [0.1, 0.15) is 0 Å². The van der Waals surface area contributed by atoms with Crippen molar-refractivity contribution in [2.24, 2.45) is 0 Å². The molecule has 108 valence electrons. The number of carbonyl (C=O) groups is 2. The number of aryl methyl sites for hydroxylation is 1. The molecular weight excluding hydrogens is 266 g/mol. The second-order valence-corrected chi connectivity index (χ2v) is 4.94. The Bertz CT molecular complexity index is 679. The van der Waals surface area contributed by atoms with Crippen LogP contribution in [0.1, 0.15) is 31.8 Å². The highest BCUT2D eigenvalue weighted by Crippen LogP contribution is 2.15. The molecule has 2 aromatic carbocycles. The normalized spacial score (nSPS) is 10.2. The van der Waals surface area contributed by atoms with Crippen LogP contribution >= 0.6 is 0 Å². The average Bonchev–Trinajstić information content (AvgIpc) is 2.48. The molecule has 21 heavy (non-hydrogen) atoms. The minimum Gasteiger partial charge on any atom is -0.478 e. The van der Waals surface area contributed by atoms with Gasteiger partial charge in [-0.2, -0.15) is 0 Å². The summed E-state index contributed by atoms with van der Waals surface area (Å²) >= 11 is 0. The van der Waals surface area contributed by atoms with Crippen LogP contribution < -0.4 is 0 Å². The summed E-state index contributed by atoms with van der Waals surface area (Å²) in [6.07, 6.45) is 0. The number of hydrogen-bond acceptors (Lipinski definition) is 2. The van der Waals surface area contributed by atoms with E-state index in [1.165, 1.54) is 11.0 Å². The second kappa shape index (κ2) is 6.22. The maximum absolute atomic E-state index is 12.4. The van der Waals surface area contributed by atoms with Crippen molar-refractivity contribution < 1.29 is 14.7 Å². The van der Waals surface area contributed by atoms with E-state index in [0.717, 1.165) is 11.1 Å². The number of benzene rings is 2. The first kappa shape index (κ1) is 14.8. The second-order valence-electron chi connectivity index (χ2n) is 4.94. The highest BCUT2D eigenvalue weighted by atomic mass is 16.4. The van der Waals surface area contributed by atoms with E-state index in [9.17, 15) is 9.59 Å². The Balaban J connectivity index is 2.24. The lowest BCUT2D eigenvalue weighted by atomic mass is 10.1. The summed E-state index contributed by atoms with van der Waals surface area (Å²) in [5.41, 5.74) is 2.38. The van der Waals surface area contributed by atoms with E-state index in [1.807, 2.05) is 31.2 Å². The molecule has 0 aliphatic heterocycles. The van der Waals surface area contributed by atoms with Gasteiger partial charge in [-0.05, 0) is 30.2 Å². The van der Waals surface area contributed by atoms with Crippen molar-refractivity contribution >= 4 is 11.9 Å². The predicted molar refractivity (Wildman–Crippen MR) is 80.4 cm³/mol. The third-order valence-electron chi connectivity index (χ3n) is 3.40. The number of carboxylic acids is 1. The minimum absolute atomic E-state index is 0.0270. The topological polar surface area (TPSA) is 57.6 Å². The van der Waals surface area contributed by atoms with Gasteiger partial charge in [0.05, 0.1) is 11.1 Å². The smallest absolute Gasteiger partial charge is 0.336 e. The number of aromatic carboxylic acids is 1. The third-order valence-corrected chi connectivity index (χ3v) is 3.40. The molecule has 4 nitrogen and oxygen atoms in total. The van der Waals surface area contributed by atoms with Crippen molar-refractivity contribution in [3.05, 3.63) is 70.8 Å². The maximum Gasteiger partial charge on any atom is 0.336 e. The number of carboxylic acid groups (broad SMARTS) is 1. The van der Waals surface area contributed by atoms with Crippen molar-refractivity contribution in [2.45, 2.75) is 13.5 Å². The van der Waals surface area contributed by atoms with Crippen LogP contribution in [0.3, 0.4) is 0 Å². The number of nitrogens with zero attached hydrogens (tertiary/aromatic N) is 1. The number of rotatable bonds is 4. The van der Waals surface area contributed by atoms with E-state index < -0.39 is 5.97 Å². The van der Waals surface area contributed by atoms with Gasteiger partial charge >= 0.3 is 5.97 Å². The maximum atomic E-state index is 12.4. The molecule has 0 bridgehead atoms. The van der Waals surface area contributed by atoms with Crippen LogP contribution in [0.4, 0.5) is 0 Å². The van der Waals surface area contributed by atoms with E-state index in [4.69, 9.17) is 5.11 Å². The average molecular weight is 283 g/mol. The molecule has 0 radical (unpaired) electrons. The Hall–Kier alpha value is -2.62. The Labute approximate surface area is 123 Å². The quantitative estimate of drug-likeness (QED) is 0.938. The summed E-state index contributed by atoms with van der Waals surface area (Å²) in [7, 11) is 1.67. The molecule has 0 saturated heterocycles. The first-order valence-electron chi connectivity index (χ1n) is 6.63. The van der Waals surface area contributed by atoms with Crippen LogP contribution in [0.5, 0.6) is 0 Å². The van der Waals surface area contributed by atoms with Gasteiger partial charge in [-0.3, -0.25) is 4.79 Å². The lowest BCUT2D eigenvalue weighted by Gasteiger charge is -2.19. The van der Waals surface area contributed by atoms with Gasteiger partial charge in [0, 0.05) is 13.6 Å². The van der Waals surface area contributed by atoms with E-state index in [-0.39, 0.29) is 17.0 Å². The Morgan fingerprint density at radius 2 is 1.57 bits per heavy atom. The summed E-state index contributed by atoms with van der Waals surface area (Å²) < 4.78 is 0. The van der Waals surface area contributed by atoms with E-state index >= 15 is 0 Å². The molecular formula is C17H17NO3. The molecule has 0 aliphatic carbocycles. The molecule has 0 heterocycles. The van der Waals surface area contributed by atoms with Gasteiger partial charge in [-0.1, -0.05) is 36.4 Å². The molecule has 1 N–H and O–H groups in total. The van der Waals surface area contributed by atoms with Crippen molar-refractivity contribution in [1.82, 2.24) is 4.90 Å². The van der Waals surface area contributed by atoms with Gasteiger partial charge < -0.3 is 10.0 Å². The van der Waals surface area contributed by atoms with Crippen LogP contribution in [0, 0.1) is 6.92 Å². The van der Waals surface area contributed by atoms with Gasteiger partial charge in [-0.15, -0.1) is 0 Å². The molecule has 2 rings (SSSR count).